The molecule has 0 aliphatic carbocycles. The van der Waals surface area contributed by atoms with Gasteiger partial charge in [-0.05, 0) is 42.5 Å². The Labute approximate surface area is 176 Å². The minimum absolute atomic E-state index is 0.0296. The van der Waals surface area contributed by atoms with Crippen molar-refractivity contribution in [1.82, 2.24) is 0 Å². The van der Waals surface area contributed by atoms with Crippen LogP contribution in [0.5, 0.6) is 5.75 Å². The molecule has 1 amide bonds. The molecule has 0 bridgehead atoms. The lowest BCUT2D eigenvalue weighted by atomic mass is 10.2. The number of nitrogens with one attached hydrogen (secondary N) is 1. The normalized spacial score (nSPS) is 10.5. The molecule has 156 valence electrons. The molecule has 0 saturated heterocycles. The first kappa shape index (κ1) is 21.1. The smallest absolute Gasteiger partial charge is 0.363 e. The van der Waals surface area contributed by atoms with Gasteiger partial charge in [-0.2, -0.15) is 0 Å². The Morgan fingerprint density at radius 2 is 1.74 bits per heavy atom. The Kier molecular flexibility index (Phi) is 6.64. The van der Waals surface area contributed by atoms with Crippen molar-refractivity contribution in [2.24, 2.45) is 10.2 Å². The lowest BCUT2D eigenvalue weighted by Gasteiger charge is -2.07. The van der Waals surface area contributed by atoms with Crippen LogP contribution in [0, 0.1) is 10.1 Å². The number of non-ortho nitro benzene ring substituents is 1. The number of azo groups is 1. The minimum atomic E-state index is -0.783. The molecule has 0 atom stereocenters. The standard InChI is InChI=1S/C21H16N4O6/c1-30-19-8-3-2-7-18(19)20(26)23-22-15-9-11-16(12-10-15)24-31-21(27)14-5-4-6-17(13-14)25(28)29/h2-13,24H,1H3. The highest BCUT2D eigenvalue weighted by Crippen LogP contribution is 2.21. The SMILES string of the molecule is COc1ccccc1C(=O)N=Nc1ccc(NOC(=O)c2cccc([N+](=O)[O-])c2)cc1. The van der Waals surface area contributed by atoms with E-state index in [0.29, 0.717) is 22.7 Å². The van der Waals surface area contributed by atoms with E-state index in [2.05, 4.69) is 15.7 Å². The molecule has 3 aromatic carbocycles. The zero-order valence-electron chi connectivity index (χ0n) is 16.2. The van der Waals surface area contributed by atoms with E-state index in [1.807, 2.05) is 0 Å². The van der Waals surface area contributed by atoms with Crippen LogP contribution in [0.25, 0.3) is 0 Å². The van der Waals surface area contributed by atoms with Gasteiger partial charge in [0.05, 0.1) is 34.5 Å². The minimum Gasteiger partial charge on any atom is -0.496 e. The van der Waals surface area contributed by atoms with Gasteiger partial charge in [0.1, 0.15) is 5.75 Å². The molecule has 1 N–H and O–H groups in total. The summed E-state index contributed by atoms with van der Waals surface area (Å²) in [4.78, 5) is 39.4. The highest BCUT2D eigenvalue weighted by Gasteiger charge is 2.13. The number of nitro benzene ring substituents is 1. The maximum atomic E-state index is 12.2. The second kappa shape index (κ2) is 9.74. The quantitative estimate of drug-likeness (QED) is 0.332. The summed E-state index contributed by atoms with van der Waals surface area (Å²) < 4.78 is 5.13. The molecular formula is C21H16N4O6. The number of hydrogen-bond acceptors (Lipinski definition) is 8. The van der Waals surface area contributed by atoms with Crippen LogP contribution in [-0.2, 0) is 4.84 Å². The van der Waals surface area contributed by atoms with Gasteiger partial charge in [-0.3, -0.25) is 14.9 Å². The third-order valence-electron chi connectivity index (χ3n) is 4.02. The topological polar surface area (TPSA) is 132 Å². The van der Waals surface area contributed by atoms with E-state index in [1.54, 1.807) is 48.5 Å². The van der Waals surface area contributed by atoms with Gasteiger partial charge in [0, 0.05) is 12.1 Å². The maximum Gasteiger partial charge on any atom is 0.363 e. The van der Waals surface area contributed by atoms with Crippen LogP contribution >= 0.6 is 0 Å². The monoisotopic (exact) mass is 420 g/mol. The van der Waals surface area contributed by atoms with Crippen LogP contribution in [0.3, 0.4) is 0 Å². The van der Waals surface area contributed by atoms with Crippen LogP contribution in [-0.4, -0.2) is 23.9 Å². The molecule has 0 aliphatic heterocycles. The highest BCUT2D eigenvalue weighted by molar-refractivity contribution is 5.97. The van der Waals surface area contributed by atoms with Crippen LogP contribution in [0.1, 0.15) is 20.7 Å². The number of nitrogens with zero attached hydrogens (tertiary/aromatic N) is 3. The van der Waals surface area contributed by atoms with Crippen LogP contribution in [0.2, 0.25) is 0 Å². The number of rotatable bonds is 7. The first-order chi connectivity index (χ1) is 15.0. The molecule has 10 heteroatoms. The number of benzene rings is 3. The molecule has 0 fully saturated rings. The van der Waals surface area contributed by atoms with Crippen molar-refractivity contribution in [2.75, 3.05) is 12.6 Å². The molecular weight excluding hydrogens is 404 g/mol. The molecule has 10 nitrogen and oxygen atoms in total. The van der Waals surface area contributed by atoms with Crippen molar-refractivity contribution in [1.29, 1.82) is 0 Å². The van der Waals surface area contributed by atoms with Gasteiger partial charge in [-0.15, -0.1) is 10.2 Å². The summed E-state index contributed by atoms with van der Waals surface area (Å²) in [5, 5.41) is 18.4. The Bertz CT molecular complexity index is 1140. The van der Waals surface area contributed by atoms with Gasteiger partial charge in [-0.1, -0.05) is 18.2 Å². The summed E-state index contributed by atoms with van der Waals surface area (Å²) in [5.41, 5.74) is 3.38. The maximum absolute atomic E-state index is 12.2. The number of ether oxygens (including phenoxy) is 1. The lowest BCUT2D eigenvalue weighted by Crippen LogP contribution is -2.10. The number of carbonyl (C=O) groups is 2. The van der Waals surface area contributed by atoms with Crippen molar-refractivity contribution in [3.8, 4) is 5.75 Å². The zero-order valence-corrected chi connectivity index (χ0v) is 16.2. The summed E-state index contributed by atoms with van der Waals surface area (Å²) in [6, 6.07) is 18.1. The van der Waals surface area contributed by atoms with Crippen LogP contribution in [0.15, 0.2) is 83.0 Å². The average molecular weight is 420 g/mol. The molecule has 0 aromatic heterocycles. The van der Waals surface area contributed by atoms with Gasteiger partial charge in [0.25, 0.3) is 11.6 Å². The third-order valence-corrected chi connectivity index (χ3v) is 4.02. The molecule has 3 aromatic rings. The van der Waals surface area contributed by atoms with E-state index in [1.165, 1.54) is 25.3 Å². The van der Waals surface area contributed by atoms with E-state index in [0.717, 1.165) is 6.07 Å². The zero-order chi connectivity index (χ0) is 22.2. The van der Waals surface area contributed by atoms with Crippen LogP contribution < -0.4 is 10.2 Å². The summed E-state index contributed by atoms with van der Waals surface area (Å²) in [6.07, 6.45) is 0. The number of amides is 1. The predicted molar refractivity (Wildman–Crippen MR) is 110 cm³/mol. The molecule has 0 aliphatic rings. The van der Waals surface area contributed by atoms with E-state index < -0.39 is 16.8 Å². The van der Waals surface area contributed by atoms with E-state index in [4.69, 9.17) is 9.57 Å². The average Bonchev–Trinajstić information content (AvgIpc) is 2.81. The Hall–Kier alpha value is -4.60. The molecule has 3 rings (SSSR count). The van der Waals surface area contributed by atoms with Crippen molar-refractivity contribution >= 4 is 28.9 Å². The summed E-state index contributed by atoms with van der Waals surface area (Å²) in [5.74, 6) is -0.933. The Morgan fingerprint density at radius 3 is 2.45 bits per heavy atom. The number of methoxy groups -OCH3 is 1. The van der Waals surface area contributed by atoms with Gasteiger partial charge >= 0.3 is 5.97 Å². The molecule has 0 unspecified atom stereocenters. The number of anilines is 1. The fourth-order valence-electron chi connectivity index (χ4n) is 2.49. The summed E-state index contributed by atoms with van der Waals surface area (Å²) in [6.45, 7) is 0. The van der Waals surface area contributed by atoms with E-state index >= 15 is 0 Å². The highest BCUT2D eigenvalue weighted by atomic mass is 16.7. The van der Waals surface area contributed by atoms with Crippen LogP contribution in [0.4, 0.5) is 17.1 Å². The van der Waals surface area contributed by atoms with Gasteiger partial charge in [0.2, 0.25) is 0 Å². The fourth-order valence-corrected chi connectivity index (χ4v) is 2.49. The molecule has 31 heavy (non-hydrogen) atoms. The summed E-state index contributed by atoms with van der Waals surface area (Å²) >= 11 is 0. The van der Waals surface area contributed by atoms with Crippen molar-refractivity contribution in [3.05, 3.63) is 94.0 Å². The van der Waals surface area contributed by atoms with Gasteiger partial charge in [0.15, 0.2) is 0 Å². The summed E-state index contributed by atoms with van der Waals surface area (Å²) in [7, 11) is 1.46. The number of nitro groups is 1. The molecule has 0 heterocycles. The van der Waals surface area contributed by atoms with Gasteiger partial charge in [-0.25, -0.2) is 10.3 Å². The largest absolute Gasteiger partial charge is 0.496 e. The van der Waals surface area contributed by atoms with E-state index in [9.17, 15) is 19.7 Å². The predicted octanol–water partition coefficient (Wildman–Crippen LogP) is 4.71. The number of para-hydroxylation sites is 1. The first-order valence-electron chi connectivity index (χ1n) is 8.88. The number of hydrogen-bond donors (Lipinski definition) is 1. The second-order valence-corrected chi connectivity index (χ2v) is 6.05. The Balaban J connectivity index is 1.59. The molecule has 0 spiro atoms. The van der Waals surface area contributed by atoms with Crippen molar-refractivity contribution in [3.63, 3.8) is 0 Å². The Morgan fingerprint density at radius 1 is 1.00 bits per heavy atom. The second-order valence-electron chi connectivity index (χ2n) is 6.05. The third kappa shape index (κ3) is 5.48. The first-order valence-corrected chi connectivity index (χ1v) is 8.88. The van der Waals surface area contributed by atoms with E-state index in [-0.39, 0.29) is 11.3 Å². The number of carbonyl (C=O) groups excluding carboxylic acids is 2. The molecule has 0 saturated carbocycles. The van der Waals surface area contributed by atoms with Crippen molar-refractivity contribution < 1.29 is 24.1 Å². The molecule has 0 radical (unpaired) electrons. The van der Waals surface area contributed by atoms with Gasteiger partial charge < -0.3 is 9.57 Å². The van der Waals surface area contributed by atoms with Crippen molar-refractivity contribution in [2.45, 2.75) is 0 Å². The fraction of sp³-hybridized carbons (Fsp3) is 0.0476. The lowest BCUT2D eigenvalue weighted by molar-refractivity contribution is -0.384.